The maximum atomic E-state index is 13.4. The number of nitrogens with zero attached hydrogens (tertiary/aromatic N) is 3. The molecule has 0 N–H and O–H groups in total. The Morgan fingerprint density at radius 1 is 1.03 bits per heavy atom. The molecule has 4 rings (SSSR count). The molecule has 0 saturated heterocycles. The Morgan fingerprint density at radius 3 is 2.45 bits per heavy atom. The van der Waals surface area contributed by atoms with E-state index < -0.39 is 0 Å². The molecule has 29 heavy (non-hydrogen) atoms. The predicted octanol–water partition coefficient (Wildman–Crippen LogP) is 5.63. The fourth-order valence-corrected chi connectivity index (χ4v) is 4.19. The summed E-state index contributed by atoms with van der Waals surface area (Å²) in [6.07, 6.45) is 0. The van der Waals surface area contributed by atoms with E-state index in [9.17, 15) is 4.79 Å². The van der Waals surface area contributed by atoms with Crippen LogP contribution in [-0.4, -0.2) is 10.9 Å². The van der Waals surface area contributed by atoms with Crippen LogP contribution >= 0.6 is 11.3 Å². The number of rotatable bonds is 4. The van der Waals surface area contributed by atoms with Gasteiger partial charge >= 0.3 is 0 Å². The van der Waals surface area contributed by atoms with Crippen LogP contribution in [0.25, 0.3) is 10.2 Å². The van der Waals surface area contributed by atoms with Gasteiger partial charge in [-0.3, -0.25) is 9.69 Å². The van der Waals surface area contributed by atoms with E-state index in [1.807, 2.05) is 30.3 Å². The molecule has 0 bridgehead atoms. The molecule has 1 heterocycles. The number of aromatic nitrogens is 1. The van der Waals surface area contributed by atoms with Gasteiger partial charge < -0.3 is 0 Å². The van der Waals surface area contributed by atoms with Gasteiger partial charge in [-0.2, -0.15) is 5.26 Å². The molecule has 4 nitrogen and oxygen atoms in total. The number of amides is 1. The molecule has 1 aromatic heterocycles. The van der Waals surface area contributed by atoms with E-state index in [0.717, 1.165) is 21.3 Å². The van der Waals surface area contributed by atoms with Gasteiger partial charge in [0.05, 0.1) is 28.4 Å². The van der Waals surface area contributed by atoms with Crippen molar-refractivity contribution in [1.82, 2.24) is 4.98 Å². The van der Waals surface area contributed by atoms with Crippen molar-refractivity contribution in [3.8, 4) is 6.07 Å². The van der Waals surface area contributed by atoms with Gasteiger partial charge in [0.2, 0.25) is 0 Å². The average molecular weight is 398 g/mol. The van der Waals surface area contributed by atoms with Crippen molar-refractivity contribution in [2.24, 2.45) is 0 Å². The number of benzene rings is 3. The number of hydrogen-bond acceptors (Lipinski definition) is 4. The fraction of sp³-hybridized carbons (Fsp3) is 0.125. The van der Waals surface area contributed by atoms with Crippen LogP contribution in [0.4, 0.5) is 5.13 Å². The molecule has 0 unspecified atom stereocenters. The molecule has 0 aliphatic heterocycles. The molecule has 0 atom stereocenters. The van der Waals surface area contributed by atoms with Crippen LogP contribution in [-0.2, 0) is 6.54 Å². The van der Waals surface area contributed by atoms with Gasteiger partial charge in [0.1, 0.15) is 0 Å². The number of carbonyl (C=O) groups is 1. The van der Waals surface area contributed by atoms with Crippen molar-refractivity contribution in [2.45, 2.75) is 20.4 Å². The smallest absolute Gasteiger partial charge is 0.260 e. The van der Waals surface area contributed by atoms with Crippen molar-refractivity contribution in [3.63, 3.8) is 0 Å². The minimum atomic E-state index is -0.133. The topological polar surface area (TPSA) is 57.0 Å². The molecule has 0 spiro atoms. The molecule has 4 aromatic rings. The highest BCUT2D eigenvalue weighted by atomic mass is 32.1. The standard InChI is InChI=1S/C24H19N3OS/c1-16-8-13-21-22(17(16)2)26-24(29-21)27(15-19-6-4-3-5-7-19)23(28)20-11-9-18(14-25)10-12-20/h3-13H,15H2,1-2H3. The van der Waals surface area contributed by atoms with Crippen molar-refractivity contribution in [2.75, 3.05) is 4.90 Å². The third-order valence-electron chi connectivity index (χ3n) is 4.99. The second-order valence-electron chi connectivity index (χ2n) is 6.92. The maximum absolute atomic E-state index is 13.4. The largest absolute Gasteiger partial charge is 0.279 e. The summed E-state index contributed by atoms with van der Waals surface area (Å²) in [6, 6.07) is 22.9. The molecule has 142 valence electrons. The highest BCUT2D eigenvalue weighted by Gasteiger charge is 2.22. The predicted molar refractivity (Wildman–Crippen MR) is 117 cm³/mol. The molecule has 1 amide bonds. The average Bonchev–Trinajstić information content (AvgIpc) is 3.20. The third-order valence-corrected chi connectivity index (χ3v) is 6.04. The fourth-order valence-electron chi connectivity index (χ4n) is 3.17. The number of thiazole rings is 1. The maximum Gasteiger partial charge on any atom is 0.260 e. The highest BCUT2D eigenvalue weighted by molar-refractivity contribution is 7.22. The number of nitriles is 1. The number of hydrogen-bond donors (Lipinski definition) is 0. The van der Waals surface area contributed by atoms with Crippen LogP contribution in [0.3, 0.4) is 0 Å². The lowest BCUT2D eigenvalue weighted by molar-refractivity contribution is 0.0985. The zero-order chi connectivity index (χ0) is 20.4. The Kier molecular flexibility index (Phi) is 5.11. The number of aryl methyl sites for hydroxylation is 2. The van der Waals surface area contributed by atoms with Crippen LogP contribution in [0.2, 0.25) is 0 Å². The molecule has 3 aromatic carbocycles. The second-order valence-corrected chi connectivity index (χ2v) is 7.93. The lowest BCUT2D eigenvalue weighted by Crippen LogP contribution is -2.30. The SMILES string of the molecule is Cc1ccc2sc(N(Cc3ccccc3)C(=O)c3ccc(C#N)cc3)nc2c1C. The van der Waals surface area contributed by atoms with E-state index in [4.69, 9.17) is 10.2 Å². The van der Waals surface area contributed by atoms with Gasteiger partial charge in [0, 0.05) is 5.56 Å². The number of fused-ring (bicyclic) bond motifs is 1. The second kappa shape index (κ2) is 7.86. The normalized spacial score (nSPS) is 10.7. The van der Waals surface area contributed by atoms with Crippen LogP contribution in [0.5, 0.6) is 0 Å². The third kappa shape index (κ3) is 3.75. The zero-order valence-corrected chi connectivity index (χ0v) is 17.0. The van der Waals surface area contributed by atoms with Crippen LogP contribution in [0.15, 0.2) is 66.7 Å². The summed E-state index contributed by atoms with van der Waals surface area (Å²) in [6.45, 7) is 4.56. The minimum Gasteiger partial charge on any atom is -0.279 e. The summed E-state index contributed by atoms with van der Waals surface area (Å²) in [7, 11) is 0. The minimum absolute atomic E-state index is 0.133. The lowest BCUT2D eigenvalue weighted by atomic mass is 10.1. The first-order valence-corrected chi connectivity index (χ1v) is 10.1. The van der Waals surface area contributed by atoms with Gasteiger partial charge in [0.25, 0.3) is 5.91 Å². The van der Waals surface area contributed by atoms with Crippen LogP contribution < -0.4 is 4.90 Å². The first-order chi connectivity index (χ1) is 14.1. The van der Waals surface area contributed by atoms with Crippen molar-refractivity contribution >= 4 is 32.6 Å². The van der Waals surface area contributed by atoms with Gasteiger partial charge in [-0.15, -0.1) is 0 Å². The molecular formula is C24H19N3OS. The Bertz CT molecular complexity index is 1220. The van der Waals surface area contributed by atoms with E-state index in [0.29, 0.717) is 22.8 Å². The summed E-state index contributed by atoms with van der Waals surface area (Å²) in [5.41, 5.74) is 5.35. The Hall–Kier alpha value is -3.49. The molecular weight excluding hydrogens is 378 g/mol. The van der Waals surface area contributed by atoms with Gasteiger partial charge in [-0.1, -0.05) is 47.7 Å². The summed E-state index contributed by atoms with van der Waals surface area (Å²) in [4.78, 5) is 19.9. The molecule has 0 aliphatic rings. The Labute approximate surface area is 173 Å². The van der Waals surface area contributed by atoms with Gasteiger partial charge in [-0.05, 0) is 60.9 Å². The summed E-state index contributed by atoms with van der Waals surface area (Å²) < 4.78 is 1.06. The number of anilines is 1. The van der Waals surface area contributed by atoms with Gasteiger partial charge in [-0.25, -0.2) is 4.98 Å². The Balaban J connectivity index is 1.78. The van der Waals surface area contributed by atoms with E-state index >= 15 is 0 Å². The van der Waals surface area contributed by atoms with Crippen molar-refractivity contribution in [3.05, 3.63) is 94.5 Å². The lowest BCUT2D eigenvalue weighted by Gasteiger charge is -2.20. The van der Waals surface area contributed by atoms with E-state index in [1.54, 1.807) is 29.2 Å². The quantitative estimate of drug-likeness (QED) is 0.448. The monoisotopic (exact) mass is 397 g/mol. The molecule has 0 saturated carbocycles. The first-order valence-electron chi connectivity index (χ1n) is 9.29. The molecule has 5 heteroatoms. The van der Waals surface area contributed by atoms with E-state index in [2.05, 4.69) is 32.0 Å². The van der Waals surface area contributed by atoms with E-state index in [-0.39, 0.29) is 5.91 Å². The van der Waals surface area contributed by atoms with Crippen LogP contribution in [0.1, 0.15) is 32.6 Å². The first kappa shape index (κ1) is 18.9. The molecule has 0 radical (unpaired) electrons. The summed E-state index contributed by atoms with van der Waals surface area (Å²) in [5, 5.41) is 9.70. The van der Waals surface area contributed by atoms with Crippen LogP contribution in [0, 0.1) is 25.2 Å². The zero-order valence-electron chi connectivity index (χ0n) is 16.2. The van der Waals surface area contributed by atoms with E-state index in [1.165, 1.54) is 16.9 Å². The molecule has 0 fully saturated rings. The number of carbonyl (C=O) groups excluding carboxylic acids is 1. The summed E-state index contributed by atoms with van der Waals surface area (Å²) in [5.74, 6) is -0.133. The molecule has 0 aliphatic carbocycles. The van der Waals surface area contributed by atoms with Gasteiger partial charge in [0.15, 0.2) is 5.13 Å². The summed E-state index contributed by atoms with van der Waals surface area (Å²) >= 11 is 1.52. The highest BCUT2D eigenvalue weighted by Crippen LogP contribution is 2.33. The van der Waals surface area contributed by atoms with Crippen molar-refractivity contribution < 1.29 is 4.79 Å². The Morgan fingerprint density at radius 2 is 1.76 bits per heavy atom. The van der Waals surface area contributed by atoms with Crippen molar-refractivity contribution in [1.29, 1.82) is 5.26 Å².